The molecule has 2 aliphatic heterocycles. The van der Waals surface area contributed by atoms with E-state index in [1.54, 1.807) is 19.2 Å². The van der Waals surface area contributed by atoms with Crippen molar-refractivity contribution in [1.82, 2.24) is 55.9 Å². The third kappa shape index (κ3) is 7.41. The standard InChI is InChI=1S/C25H32N6O3.C24H30FN5O/c1-15-16-7-19-9-17(15)10-20(8-16)25(19,18-5-3-2-4-6-18)11-23(32)31-13-21(14-31)34-24(33)26-12-22-27-29-30-28-22;1-14-15-7-19-9-16(14)10-20(8-15)24(19,18-3-5-21(25)6-4-18)11-22(31)30-12-17(13-30)23-26-28-29(2)27-23/h2-6,15-17,19-21H,7-14H2,1H3,(H,26,33)(H,27,28,29,30);3-6,14-17,19-20H,7-13H2,1-2H3. The number of carbonyl (C=O) groups excluding carboxylic acids is 3. The van der Waals surface area contributed by atoms with Crippen LogP contribution in [0, 0.1) is 65.0 Å². The number of hydrogen-bond donors (Lipinski definition) is 2. The Morgan fingerprint density at radius 3 is 1.71 bits per heavy atom. The van der Waals surface area contributed by atoms with Crippen molar-refractivity contribution in [2.45, 2.75) is 107 Å². The van der Waals surface area contributed by atoms with Crippen molar-refractivity contribution < 1.29 is 23.5 Å². The molecule has 2 saturated heterocycles. The van der Waals surface area contributed by atoms with E-state index in [0.29, 0.717) is 68.5 Å². The molecule has 0 spiro atoms. The fraction of sp³-hybridized carbons (Fsp3) is 0.653. The first-order chi connectivity index (χ1) is 31.5. The number of nitrogens with one attached hydrogen (secondary N) is 2. The average Bonchev–Trinajstić information content (AvgIpc) is 3.95. The van der Waals surface area contributed by atoms with Crippen LogP contribution in [0.5, 0.6) is 0 Å². The molecule has 15 nitrogen and oxygen atoms in total. The number of benzene rings is 2. The lowest BCUT2D eigenvalue weighted by Crippen LogP contribution is -2.61. The number of carbonyl (C=O) groups is 3. The number of H-pyrrole nitrogens is 1. The van der Waals surface area contributed by atoms with Crippen LogP contribution in [-0.4, -0.2) is 101 Å². The summed E-state index contributed by atoms with van der Waals surface area (Å²) in [6, 6.07) is 17.9. The van der Waals surface area contributed by atoms with Crippen LogP contribution >= 0.6 is 0 Å². The molecule has 2 aromatic carbocycles. The highest BCUT2D eigenvalue weighted by Gasteiger charge is 2.62. The van der Waals surface area contributed by atoms with Crippen molar-refractivity contribution in [2.24, 2.45) is 66.2 Å². The van der Waals surface area contributed by atoms with Gasteiger partial charge in [0.1, 0.15) is 11.9 Å². The number of likely N-dealkylation sites (tertiary alicyclic amines) is 2. The SMILES string of the molecule is CC1C2CC3CC1CC(C2)C3(CC(=O)N1CC(OC(=O)NCc2nn[nH]n2)C1)c1ccccc1.CC1C2CC3CC1CC(C2)C3(CC(=O)N1CC(c2nnn(C)n2)C1)c1ccc(F)cc1. The summed E-state index contributed by atoms with van der Waals surface area (Å²) < 4.78 is 19.2. The maximum Gasteiger partial charge on any atom is 0.407 e. The average molecular weight is 888 g/mol. The Balaban J connectivity index is 0.000000145. The van der Waals surface area contributed by atoms with E-state index in [-0.39, 0.29) is 47.0 Å². The van der Waals surface area contributed by atoms with Crippen LogP contribution in [0.4, 0.5) is 9.18 Å². The molecule has 4 heterocycles. The van der Waals surface area contributed by atoms with Gasteiger partial charge in [-0.25, -0.2) is 9.18 Å². The van der Waals surface area contributed by atoms with Gasteiger partial charge in [0.2, 0.25) is 11.8 Å². The Morgan fingerprint density at radius 1 is 0.723 bits per heavy atom. The first-order valence-electron chi connectivity index (χ1n) is 24.2. The van der Waals surface area contributed by atoms with Crippen LogP contribution in [-0.2, 0) is 38.7 Å². The molecule has 0 unspecified atom stereocenters. The van der Waals surface area contributed by atoms with Gasteiger partial charge in [-0.05, 0) is 139 Å². The molecular formula is C49H62FN11O4. The molecule has 10 fully saturated rings. The van der Waals surface area contributed by atoms with Gasteiger partial charge >= 0.3 is 6.09 Å². The van der Waals surface area contributed by atoms with Crippen molar-refractivity contribution in [2.75, 3.05) is 26.2 Å². The highest BCUT2D eigenvalue weighted by molar-refractivity contribution is 5.80. The minimum atomic E-state index is -0.530. The van der Waals surface area contributed by atoms with Gasteiger partial charge in [-0.3, -0.25) is 9.59 Å². The summed E-state index contributed by atoms with van der Waals surface area (Å²) in [6.45, 7) is 7.27. The Morgan fingerprint density at radius 2 is 1.23 bits per heavy atom. The van der Waals surface area contributed by atoms with E-state index in [9.17, 15) is 18.8 Å². The number of aromatic nitrogens is 8. The summed E-state index contributed by atoms with van der Waals surface area (Å²) in [7, 11) is 1.76. The molecule has 0 atom stereocenters. The Hall–Kier alpha value is -5.28. The maximum absolute atomic E-state index is 13.8. The number of ether oxygens (including phenoxy) is 1. The fourth-order valence-electron chi connectivity index (χ4n) is 15.1. The van der Waals surface area contributed by atoms with Gasteiger partial charge < -0.3 is 19.9 Å². The maximum atomic E-state index is 13.8. The molecule has 4 aromatic rings. The lowest BCUT2D eigenvalue weighted by Gasteiger charge is -2.64. The van der Waals surface area contributed by atoms with E-state index in [1.165, 1.54) is 67.3 Å². The van der Waals surface area contributed by atoms with Crippen molar-refractivity contribution in [1.29, 1.82) is 0 Å². The van der Waals surface area contributed by atoms with E-state index >= 15 is 0 Å². The molecule has 344 valence electrons. The highest BCUT2D eigenvalue weighted by atomic mass is 19.1. The monoisotopic (exact) mass is 887 g/mol. The number of rotatable bonds is 10. The predicted octanol–water partition coefficient (Wildman–Crippen LogP) is 5.97. The zero-order valence-electron chi connectivity index (χ0n) is 37.8. The van der Waals surface area contributed by atoms with E-state index in [1.807, 2.05) is 21.9 Å². The fourth-order valence-corrected chi connectivity index (χ4v) is 15.1. The number of aryl methyl sites for hydroxylation is 1. The topological polar surface area (TPSA) is 177 Å². The van der Waals surface area contributed by atoms with Crippen LogP contribution in [0.3, 0.4) is 0 Å². The molecule has 2 aromatic heterocycles. The van der Waals surface area contributed by atoms with E-state index < -0.39 is 6.09 Å². The third-order valence-electron chi connectivity index (χ3n) is 18.5. The van der Waals surface area contributed by atoms with Crippen molar-refractivity contribution in [3.8, 4) is 0 Å². The number of tetrazole rings is 2. The second-order valence-corrected chi connectivity index (χ2v) is 21.4. The van der Waals surface area contributed by atoms with Crippen molar-refractivity contribution >= 4 is 17.9 Å². The first kappa shape index (κ1) is 42.4. The van der Waals surface area contributed by atoms with Gasteiger partial charge in [-0.15, -0.1) is 20.4 Å². The second kappa shape index (κ2) is 16.6. The molecule has 2 N–H and O–H groups in total. The number of nitrogens with zero attached hydrogens (tertiary/aromatic N) is 9. The smallest absolute Gasteiger partial charge is 0.407 e. The molecular weight excluding hydrogens is 826 g/mol. The van der Waals surface area contributed by atoms with Crippen molar-refractivity contribution in [3.05, 3.63) is 83.2 Å². The first-order valence-corrected chi connectivity index (χ1v) is 24.2. The summed E-state index contributed by atoms with van der Waals surface area (Å²) >= 11 is 0. The Labute approximate surface area is 379 Å². The van der Waals surface area contributed by atoms with Crippen LogP contribution in [0.2, 0.25) is 0 Å². The van der Waals surface area contributed by atoms with Crippen LogP contribution < -0.4 is 5.32 Å². The van der Waals surface area contributed by atoms with Gasteiger partial charge in [0.15, 0.2) is 11.6 Å². The predicted molar refractivity (Wildman–Crippen MR) is 235 cm³/mol. The molecule has 65 heavy (non-hydrogen) atoms. The molecule has 8 saturated carbocycles. The summed E-state index contributed by atoms with van der Waals surface area (Å²) in [5.74, 6) is 8.60. The van der Waals surface area contributed by atoms with Gasteiger partial charge in [-0.2, -0.15) is 10.0 Å². The number of hydrogen-bond acceptors (Lipinski definition) is 10. The van der Waals surface area contributed by atoms with Gasteiger partial charge in [0.25, 0.3) is 0 Å². The minimum absolute atomic E-state index is 0.0562. The molecule has 16 heteroatoms. The Kier molecular flexibility index (Phi) is 10.8. The van der Waals surface area contributed by atoms with Crippen LogP contribution in [0.25, 0.3) is 0 Å². The summed E-state index contributed by atoms with van der Waals surface area (Å²) in [5.41, 5.74) is 2.32. The summed E-state index contributed by atoms with van der Waals surface area (Å²) in [6.07, 6.45) is 10.2. The lowest BCUT2D eigenvalue weighted by molar-refractivity contribution is -0.151. The largest absolute Gasteiger partial charge is 0.442 e. The zero-order chi connectivity index (χ0) is 44.6. The molecule has 8 bridgehead atoms. The highest BCUT2D eigenvalue weighted by Crippen LogP contribution is 2.67. The molecule has 14 rings (SSSR count). The quantitative estimate of drug-likeness (QED) is 0.193. The molecule has 8 aliphatic carbocycles. The van der Waals surface area contributed by atoms with E-state index in [4.69, 9.17) is 4.74 Å². The summed E-state index contributed by atoms with van der Waals surface area (Å²) in [5, 5.41) is 28.3. The number of alkyl carbamates (subject to hydrolysis) is 1. The lowest BCUT2D eigenvalue weighted by atomic mass is 9.41. The van der Waals surface area contributed by atoms with Crippen molar-refractivity contribution in [3.63, 3.8) is 0 Å². The second-order valence-electron chi connectivity index (χ2n) is 21.4. The molecule has 3 amide bonds. The zero-order valence-corrected chi connectivity index (χ0v) is 37.8. The number of amides is 3. The molecule has 10 aliphatic rings. The Bertz CT molecular complexity index is 2300. The van der Waals surface area contributed by atoms with E-state index in [0.717, 1.165) is 41.3 Å². The van der Waals surface area contributed by atoms with Crippen LogP contribution in [0.1, 0.15) is 107 Å². The summed E-state index contributed by atoms with van der Waals surface area (Å²) in [4.78, 5) is 44.3. The van der Waals surface area contributed by atoms with E-state index in [2.05, 4.69) is 85.5 Å². The van der Waals surface area contributed by atoms with Gasteiger partial charge in [0.05, 0.1) is 32.6 Å². The number of halogens is 1. The third-order valence-corrected chi connectivity index (χ3v) is 18.5. The normalized spacial score (nSPS) is 35.3. The number of aromatic amines is 1. The van der Waals surface area contributed by atoms with Crippen LogP contribution in [0.15, 0.2) is 54.6 Å². The molecule has 0 radical (unpaired) electrons. The van der Waals surface area contributed by atoms with Gasteiger partial charge in [-0.1, -0.05) is 61.5 Å². The minimum Gasteiger partial charge on any atom is -0.442 e. The van der Waals surface area contributed by atoms with Gasteiger partial charge in [0, 0.05) is 36.8 Å².